The summed E-state index contributed by atoms with van der Waals surface area (Å²) in [6.45, 7) is 0.965. The molecule has 0 spiro atoms. The van der Waals surface area contributed by atoms with Crippen molar-refractivity contribution in [1.29, 1.82) is 0 Å². The standard InChI is InChI=1S/C18H15ClF3N7OS/c1-30-8-4-7-28-15(11-5-2-3-6-12(11)19)26-27-17(28)31-14-9-13(18(20,21)22)25-16-23-10-24-29(14)16/h2-3,5-6,9-10H,4,7-8H2,1H3. The van der Waals surface area contributed by atoms with Crippen molar-refractivity contribution in [3.63, 3.8) is 0 Å². The third-order valence-corrected chi connectivity index (χ3v) is 5.58. The molecule has 0 atom stereocenters. The van der Waals surface area contributed by atoms with Crippen LogP contribution >= 0.6 is 23.4 Å². The molecule has 3 heterocycles. The van der Waals surface area contributed by atoms with Crippen molar-refractivity contribution >= 4 is 29.1 Å². The topological polar surface area (TPSA) is 83.0 Å². The van der Waals surface area contributed by atoms with Gasteiger partial charge in [-0.2, -0.15) is 27.8 Å². The molecule has 8 nitrogen and oxygen atoms in total. The van der Waals surface area contributed by atoms with Gasteiger partial charge in [0.1, 0.15) is 11.4 Å². The highest BCUT2D eigenvalue weighted by Crippen LogP contribution is 2.35. The van der Waals surface area contributed by atoms with Crippen LogP contribution < -0.4 is 0 Å². The van der Waals surface area contributed by atoms with Gasteiger partial charge in [0.2, 0.25) is 0 Å². The SMILES string of the molecule is COCCCn1c(Sc2cc(C(F)(F)F)nc3ncnn23)nnc1-c1ccccc1Cl. The number of alkyl halides is 3. The lowest BCUT2D eigenvalue weighted by atomic mass is 10.2. The third-order valence-electron chi connectivity index (χ3n) is 4.27. The molecule has 13 heteroatoms. The Labute approximate surface area is 183 Å². The van der Waals surface area contributed by atoms with Crippen LogP contribution in [-0.2, 0) is 17.5 Å². The molecule has 4 aromatic rings. The normalized spacial score (nSPS) is 12.0. The zero-order chi connectivity index (χ0) is 22.0. The fraction of sp³-hybridized carbons (Fsp3) is 0.278. The van der Waals surface area contributed by atoms with Crippen LogP contribution in [0.1, 0.15) is 12.1 Å². The second-order valence-electron chi connectivity index (χ2n) is 6.34. The second kappa shape index (κ2) is 8.81. The fourth-order valence-corrected chi connectivity index (χ4v) is 4.03. The number of fused-ring (bicyclic) bond motifs is 1. The maximum Gasteiger partial charge on any atom is 0.433 e. The first-order valence-electron chi connectivity index (χ1n) is 9.01. The van der Waals surface area contributed by atoms with Crippen LogP contribution in [0.3, 0.4) is 0 Å². The lowest BCUT2D eigenvalue weighted by Crippen LogP contribution is -2.11. The number of nitrogens with zero attached hydrogens (tertiary/aromatic N) is 7. The third kappa shape index (κ3) is 4.50. The van der Waals surface area contributed by atoms with Gasteiger partial charge in [0.25, 0.3) is 5.78 Å². The molecule has 0 N–H and O–H groups in total. The van der Waals surface area contributed by atoms with Crippen molar-refractivity contribution in [1.82, 2.24) is 34.3 Å². The highest BCUT2D eigenvalue weighted by atomic mass is 35.5. The predicted octanol–water partition coefficient (Wildman–Crippen LogP) is 4.24. The van der Waals surface area contributed by atoms with Crippen molar-refractivity contribution in [3.05, 3.63) is 47.4 Å². The summed E-state index contributed by atoms with van der Waals surface area (Å²) in [6.07, 6.45) is -2.84. The van der Waals surface area contributed by atoms with E-state index in [4.69, 9.17) is 16.3 Å². The molecule has 0 amide bonds. The molecule has 162 valence electrons. The number of methoxy groups -OCH3 is 1. The number of hydrogen-bond acceptors (Lipinski definition) is 7. The molecule has 0 saturated heterocycles. The van der Waals surface area contributed by atoms with Crippen molar-refractivity contribution in [2.24, 2.45) is 0 Å². The van der Waals surface area contributed by atoms with Gasteiger partial charge in [-0.15, -0.1) is 10.2 Å². The molecule has 0 aliphatic carbocycles. The van der Waals surface area contributed by atoms with E-state index in [1.807, 2.05) is 6.07 Å². The molecule has 4 rings (SSSR count). The molecule has 0 bridgehead atoms. The maximum absolute atomic E-state index is 13.3. The maximum atomic E-state index is 13.3. The van der Waals surface area contributed by atoms with Crippen molar-refractivity contribution in [3.8, 4) is 11.4 Å². The average Bonchev–Trinajstić information content (AvgIpc) is 3.35. The molecule has 1 aromatic carbocycles. The molecule has 0 fully saturated rings. The second-order valence-corrected chi connectivity index (χ2v) is 7.73. The summed E-state index contributed by atoms with van der Waals surface area (Å²) >= 11 is 7.31. The van der Waals surface area contributed by atoms with Crippen LogP contribution in [-0.4, -0.2) is 48.1 Å². The Morgan fingerprint density at radius 2 is 2.00 bits per heavy atom. The van der Waals surface area contributed by atoms with E-state index in [9.17, 15) is 13.2 Å². The molecule has 0 aliphatic rings. The molecule has 0 saturated carbocycles. The summed E-state index contributed by atoms with van der Waals surface area (Å²) < 4.78 is 48.1. The van der Waals surface area contributed by atoms with Crippen LogP contribution in [0.25, 0.3) is 17.2 Å². The Hall–Kier alpha value is -2.70. The first-order chi connectivity index (χ1) is 14.9. The number of aromatic nitrogens is 7. The average molecular weight is 470 g/mol. The lowest BCUT2D eigenvalue weighted by molar-refractivity contribution is -0.141. The highest BCUT2D eigenvalue weighted by Gasteiger charge is 2.34. The van der Waals surface area contributed by atoms with Gasteiger partial charge >= 0.3 is 6.18 Å². The smallest absolute Gasteiger partial charge is 0.385 e. The van der Waals surface area contributed by atoms with Gasteiger partial charge in [-0.1, -0.05) is 23.7 Å². The summed E-state index contributed by atoms with van der Waals surface area (Å²) in [5, 5.41) is 13.4. The van der Waals surface area contributed by atoms with Crippen LogP contribution in [0.15, 0.2) is 46.8 Å². The van der Waals surface area contributed by atoms with E-state index < -0.39 is 11.9 Å². The Balaban J connectivity index is 1.78. The van der Waals surface area contributed by atoms with Crippen LogP contribution in [0.5, 0.6) is 0 Å². The number of hydrogen-bond donors (Lipinski definition) is 0. The molecular formula is C18H15ClF3N7OS. The molecular weight excluding hydrogens is 455 g/mol. The van der Waals surface area contributed by atoms with E-state index in [1.54, 1.807) is 29.9 Å². The van der Waals surface area contributed by atoms with Crippen LogP contribution in [0, 0.1) is 0 Å². The van der Waals surface area contributed by atoms with Crippen molar-refractivity contribution < 1.29 is 17.9 Å². The summed E-state index contributed by atoms with van der Waals surface area (Å²) in [6, 6.07) is 8.06. The Bertz CT molecular complexity index is 1210. The minimum atomic E-state index is -4.63. The zero-order valence-electron chi connectivity index (χ0n) is 16.0. The van der Waals surface area contributed by atoms with Crippen LogP contribution in [0.2, 0.25) is 5.02 Å². The Morgan fingerprint density at radius 1 is 1.19 bits per heavy atom. The summed E-state index contributed by atoms with van der Waals surface area (Å²) in [4.78, 5) is 7.32. The number of benzene rings is 1. The van der Waals surface area contributed by atoms with Gasteiger partial charge in [-0.25, -0.2) is 4.98 Å². The number of halogens is 4. The van der Waals surface area contributed by atoms with Gasteiger partial charge in [0.15, 0.2) is 16.7 Å². The molecule has 0 radical (unpaired) electrons. The van der Waals surface area contributed by atoms with E-state index in [-0.39, 0.29) is 10.8 Å². The van der Waals surface area contributed by atoms with E-state index >= 15 is 0 Å². The highest BCUT2D eigenvalue weighted by molar-refractivity contribution is 7.99. The van der Waals surface area contributed by atoms with E-state index in [0.717, 1.165) is 24.2 Å². The predicted molar refractivity (Wildman–Crippen MR) is 107 cm³/mol. The Kier molecular flexibility index (Phi) is 6.12. The largest absolute Gasteiger partial charge is 0.433 e. The lowest BCUT2D eigenvalue weighted by Gasteiger charge is -2.12. The molecule has 31 heavy (non-hydrogen) atoms. The summed E-state index contributed by atoms with van der Waals surface area (Å²) in [5.41, 5.74) is -0.398. The van der Waals surface area contributed by atoms with Gasteiger partial charge < -0.3 is 9.30 Å². The quantitative estimate of drug-likeness (QED) is 0.295. The van der Waals surface area contributed by atoms with Gasteiger partial charge in [0, 0.05) is 31.9 Å². The van der Waals surface area contributed by atoms with E-state index in [1.165, 1.54) is 4.52 Å². The van der Waals surface area contributed by atoms with Gasteiger partial charge in [0.05, 0.1) is 5.02 Å². The van der Waals surface area contributed by atoms with Crippen LogP contribution in [0.4, 0.5) is 13.2 Å². The summed E-state index contributed by atoms with van der Waals surface area (Å²) in [7, 11) is 1.59. The van der Waals surface area contributed by atoms with Gasteiger partial charge in [-0.05, 0) is 30.3 Å². The first-order valence-corrected chi connectivity index (χ1v) is 10.2. The monoisotopic (exact) mass is 469 g/mol. The number of ether oxygens (including phenoxy) is 1. The van der Waals surface area contributed by atoms with Crippen molar-refractivity contribution in [2.45, 2.75) is 29.3 Å². The minimum absolute atomic E-state index is 0.154. The Morgan fingerprint density at radius 3 is 2.74 bits per heavy atom. The zero-order valence-corrected chi connectivity index (χ0v) is 17.6. The minimum Gasteiger partial charge on any atom is -0.385 e. The fourth-order valence-electron chi connectivity index (χ4n) is 2.87. The molecule has 0 unspecified atom stereocenters. The number of rotatable bonds is 7. The molecule has 3 aromatic heterocycles. The first kappa shape index (κ1) is 21.5. The van der Waals surface area contributed by atoms with E-state index in [2.05, 4.69) is 25.3 Å². The summed E-state index contributed by atoms with van der Waals surface area (Å²) in [5.74, 6) is 0.346. The van der Waals surface area contributed by atoms with Gasteiger partial charge in [-0.3, -0.25) is 0 Å². The van der Waals surface area contributed by atoms with Crippen molar-refractivity contribution in [2.75, 3.05) is 13.7 Å². The molecule has 0 aliphatic heterocycles. The van der Waals surface area contributed by atoms with E-state index in [0.29, 0.717) is 41.1 Å².